The van der Waals surface area contributed by atoms with Crippen molar-refractivity contribution in [2.45, 2.75) is 39.5 Å². The van der Waals surface area contributed by atoms with Crippen molar-refractivity contribution in [3.8, 4) is 0 Å². The molecule has 0 amide bonds. The zero-order valence-corrected chi connectivity index (χ0v) is 11.1. The lowest BCUT2D eigenvalue weighted by Gasteiger charge is -2.44. The maximum Gasteiger partial charge on any atom is -0.0145 e. The van der Waals surface area contributed by atoms with Crippen LogP contribution in [-0.4, -0.2) is 0 Å². The molecule has 0 aromatic heterocycles. The topological polar surface area (TPSA) is 0 Å². The normalized spacial score (nSPS) is 53.5. The lowest BCUT2D eigenvalue weighted by Crippen LogP contribution is -2.37. The largest absolute Gasteiger partial charge is 0.0879 e. The molecule has 92 valence electrons. The third kappa shape index (κ3) is 1.20. The second-order valence-electron chi connectivity index (χ2n) is 7.44. The maximum atomic E-state index is 2.59. The fourth-order valence-corrected chi connectivity index (χ4v) is 5.87. The average molecular weight is 228 g/mol. The molecule has 4 aliphatic rings. The predicted octanol–water partition coefficient (Wildman–Crippen LogP) is 4.44. The second kappa shape index (κ2) is 3.28. The lowest BCUT2D eigenvalue weighted by molar-refractivity contribution is 0.0897. The lowest BCUT2D eigenvalue weighted by atomic mass is 9.60. The molecule has 0 nitrogen and oxygen atoms in total. The Morgan fingerprint density at radius 3 is 2.65 bits per heavy atom. The first-order chi connectivity index (χ1) is 8.19. The fraction of sp³-hybridized carbons (Fsp3) is 0.765. The van der Waals surface area contributed by atoms with E-state index < -0.39 is 0 Å². The Bertz CT molecular complexity index is 387. The van der Waals surface area contributed by atoms with E-state index in [1.807, 2.05) is 0 Å². The molecule has 2 saturated carbocycles. The van der Waals surface area contributed by atoms with Gasteiger partial charge in [0.05, 0.1) is 0 Å². The monoisotopic (exact) mass is 228 g/mol. The van der Waals surface area contributed by atoms with Gasteiger partial charge in [0.15, 0.2) is 0 Å². The van der Waals surface area contributed by atoms with E-state index in [1.165, 1.54) is 25.7 Å². The van der Waals surface area contributed by atoms with Crippen molar-refractivity contribution < 1.29 is 0 Å². The summed E-state index contributed by atoms with van der Waals surface area (Å²) < 4.78 is 0. The highest BCUT2D eigenvalue weighted by molar-refractivity contribution is 5.20. The first-order valence-corrected chi connectivity index (χ1v) is 7.53. The fourth-order valence-electron chi connectivity index (χ4n) is 5.87. The van der Waals surface area contributed by atoms with E-state index in [2.05, 4.69) is 38.2 Å². The van der Waals surface area contributed by atoms with E-state index in [4.69, 9.17) is 0 Å². The average Bonchev–Trinajstić information content (AvgIpc) is 2.59. The molecule has 0 N–H and O–H groups in total. The van der Waals surface area contributed by atoms with Crippen LogP contribution in [0.5, 0.6) is 0 Å². The summed E-state index contributed by atoms with van der Waals surface area (Å²) in [5, 5.41) is 0. The van der Waals surface area contributed by atoms with E-state index in [0.717, 1.165) is 35.5 Å². The SMILES string of the molecule is CC1(C)C2C=CCC3CCC4C=CCC1C4C32. The van der Waals surface area contributed by atoms with Crippen molar-refractivity contribution in [3.63, 3.8) is 0 Å². The van der Waals surface area contributed by atoms with Gasteiger partial charge in [-0.1, -0.05) is 38.2 Å². The smallest absolute Gasteiger partial charge is 0.0145 e. The zero-order valence-electron chi connectivity index (χ0n) is 11.1. The zero-order chi connectivity index (χ0) is 11.6. The van der Waals surface area contributed by atoms with Gasteiger partial charge in [0.25, 0.3) is 0 Å². The van der Waals surface area contributed by atoms with Crippen LogP contribution in [0.15, 0.2) is 24.3 Å². The first-order valence-electron chi connectivity index (χ1n) is 7.53. The molecule has 0 saturated heterocycles. The van der Waals surface area contributed by atoms with Gasteiger partial charge < -0.3 is 0 Å². The molecule has 0 aromatic rings. The molecule has 4 rings (SSSR count). The Kier molecular flexibility index (Phi) is 2.00. The summed E-state index contributed by atoms with van der Waals surface area (Å²) in [4.78, 5) is 0. The van der Waals surface area contributed by atoms with Gasteiger partial charge in [0.2, 0.25) is 0 Å². The van der Waals surface area contributed by atoms with E-state index in [9.17, 15) is 0 Å². The van der Waals surface area contributed by atoms with Gasteiger partial charge in [0.1, 0.15) is 0 Å². The predicted molar refractivity (Wildman–Crippen MR) is 71.5 cm³/mol. The van der Waals surface area contributed by atoms with Crippen LogP contribution >= 0.6 is 0 Å². The molecule has 0 heteroatoms. The van der Waals surface area contributed by atoms with Crippen LogP contribution in [0.25, 0.3) is 0 Å². The summed E-state index contributed by atoms with van der Waals surface area (Å²) in [6.45, 7) is 5.09. The van der Waals surface area contributed by atoms with E-state index in [-0.39, 0.29) is 0 Å². The summed E-state index contributed by atoms with van der Waals surface area (Å²) in [7, 11) is 0. The van der Waals surface area contributed by atoms with Crippen molar-refractivity contribution in [1.82, 2.24) is 0 Å². The van der Waals surface area contributed by atoms with Crippen molar-refractivity contribution >= 4 is 0 Å². The van der Waals surface area contributed by atoms with Crippen molar-refractivity contribution in [2.75, 3.05) is 0 Å². The second-order valence-corrected chi connectivity index (χ2v) is 7.44. The molecule has 0 aliphatic heterocycles. The molecular weight excluding hydrogens is 204 g/mol. The van der Waals surface area contributed by atoms with Crippen LogP contribution in [0.2, 0.25) is 0 Å². The Hall–Kier alpha value is -0.520. The highest BCUT2D eigenvalue weighted by Crippen LogP contribution is 2.66. The highest BCUT2D eigenvalue weighted by atomic mass is 14.6. The van der Waals surface area contributed by atoms with Gasteiger partial charge in [-0.05, 0) is 66.6 Å². The quantitative estimate of drug-likeness (QED) is 0.538. The number of hydrogen-bond donors (Lipinski definition) is 0. The minimum atomic E-state index is 0.540. The van der Waals surface area contributed by atoms with Gasteiger partial charge >= 0.3 is 0 Å². The molecular formula is C17H24. The summed E-state index contributed by atoms with van der Waals surface area (Å²) >= 11 is 0. The van der Waals surface area contributed by atoms with E-state index >= 15 is 0 Å². The third-order valence-corrected chi connectivity index (χ3v) is 6.60. The minimum Gasteiger partial charge on any atom is -0.0879 e. The molecule has 0 spiro atoms. The standard InChI is InChI=1S/C17H24/c1-17(2)13-7-3-5-11-9-10-12-6-4-8-14(17)16(12)15(11)13/h3-5,8,11-16H,6-7,9-10H2,1-2H3. The van der Waals surface area contributed by atoms with E-state index in [0.29, 0.717) is 5.41 Å². The van der Waals surface area contributed by atoms with Crippen molar-refractivity contribution in [3.05, 3.63) is 24.3 Å². The molecule has 0 radical (unpaired) electrons. The number of hydrogen-bond acceptors (Lipinski definition) is 0. The van der Waals surface area contributed by atoms with Crippen LogP contribution in [0.1, 0.15) is 39.5 Å². The Balaban J connectivity index is 1.85. The molecule has 0 bridgehead atoms. The molecule has 4 aliphatic carbocycles. The van der Waals surface area contributed by atoms with Crippen LogP contribution in [0.4, 0.5) is 0 Å². The molecule has 2 fully saturated rings. The van der Waals surface area contributed by atoms with Gasteiger partial charge in [0, 0.05) is 0 Å². The minimum absolute atomic E-state index is 0.540. The molecule has 0 heterocycles. The van der Waals surface area contributed by atoms with Gasteiger partial charge in [-0.15, -0.1) is 0 Å². The number of allylic oxidation sites excluding steroid dienone is 4. The van der Waals surface area contributed by atoms with Crippen LogP contribution in [0, 0.1) is 40.9 Å². The summed E-state index contributed by atoms with van der Waals surface area (Å²) in [6.07, 6.45) is 15.8. The van der Waals surface area contributed by atoms with Crippen LogP contribution in [0.3, 0.4) is 0 Å². The summed E-state index contributed by atoms with van der Waals surface area (Å²) in [6, 6.07) is 0. The number of rotatable bonds is 0. The van der Waals surface area contributed by atoms with Gasteiger partial charge in [-0.3, -0.25) is 0 Å². The van der Waals surface area contributed by atoms with Crippen LogP contribution < -0.4 is 0 Å². The maximum absolute atomic E-state index is 2.59. The van der Waals surface area contributed by atoms with Crippen molar-refractivity contribution in [1.29, 1.82) is 0 Å². The first kappa shape index (κ1) is 10.4. The Morgan fingerprint density at radius 1 is 0.941 bits per heavy atom. The van der Waals surface area contributed by atoms with E-state index in [1.54, 1.807) is 0 Å². The molecule has 17 heavy (non-hydrogen) atoms. The summed E-state index contributed by atoms with van der Waals surface area (Å²) in [5.74, 6) is 5.80. The Labute approximate surface area is 105 Å². The van der Waals surface area contributed by atoms with Gasteiger partial charge in [-0.25, -0.2) is 0 Å². The van der Waals surface area contributed by atoms with Crippen molar-refractivity contribution in [2.24, 2.45) is 40.9 Å². The molecule has 0 aromatic carbocycles. The van der Waals surface area contributed by atoms with Gasteiger partial charge in [-0.2, -0.15) is 0 Å². The third-order valence-electron chi connectivity index (χ3n) is 6.60. The molecule has 6 unspecified atom stereocenters. The summed E-state index contributed by atoms with van der Waals surface area (Å²) in [5.41, 5.74) is 0.540. The molecule has 6 atom stereocenters. The van der Waals surface area contributed by atoms with Crippen LogP contribution in [-0.2, 0) is 0 Å². The highest BCUT2D eigenvalue weighted by Gasteiger charge is 2.59. The Morgan fingerprint density at radius 2 is 1.76 bits per heavy atom.